The molecule has 1 atom stereocenters. The smallest absolute Gasteiger partial charge is 0.251 e. The lowest BCUT2D eigenvalue weighted by Gasteiger charge is -2.44. The summed E-state index contributed by atoms with van der Waals surface area (Å²) in [5, 5.41) is 13.4. The number of nitrogens with zero attached hydrogens (tertiary/aromatic N) is 2. The highest BCUT2D eigenvalue weighted by Gasteiger charge is 2.34. The minimum atomic E-state index is -0.932. The summed E-state index contributed by atoms with van der Waals surface area (Å²) in [6.07, 6.45) is 5.83. The van der Waals surface area contributed by atoms with Crippen molar-refractivity contribution in [2.75, 3.05) is 19.6 Å². The molecule has 4 heterocycles. The zero-order valence-corrected chi connectivity index (χ0v) is 16.0. The Morgan fingerprint density at radius 3 is 2.44 bits per heavy atom. The number of fused-ring (bicyclic) bond motifs is 3. The van der Waals surface area contributed by atoms with Gasteiger partial charge >= 0.3 is 0 Å². The van der Waals surface area contributed by atoms with Gasteiger partial charge in [-0.25, -0.2) is 0 Å². The van der Waals surface area contributed by atoms with Crippen molar-refractivity contribution in [1.82, 2.24) is 15.2 Å². The summed E-state index contributed by atoms with van der Waals surface area (Å²) in [6, 6.07) is 9.82. The lowest BCUT2D eigenvalue weighted by molar-refractivity contribution is 0.0620. The fraction of sp³-hybridized carbons (Fsp3) is 0.455. The summed E-state index contributed by atoms with van der Waals surface area (Å²) in [4.78, 5) is 19.3. The number of carbonyl (C=O) groups is 1. The molecule has 5 nitrogen and oxygen atoms in total. The van der Waals surface area contributed by atoms with Crippen molar-refractivity contribution in [2.24, 2.45) is 5.92 Å². The van der Waals surface area contributed by atoms with E-state index in [1.807, 2.05) is 30.3 Å². The van der Waals surface area contributed by atoms with Crippen molar-refractivity contribution in [2.45, 2.75) is 38.3 Å². The Hall–Kier alpha value is -2.24. The van der Waals surface area contributed by atoms with Gasteiger partial charge in [-0.05, 0) is 69.5 Å². The van der Waals surface area contributed by atoms with E-state index in [0.29, 0.717) is 11.5 Å². The zero-order valence-electron chi connectivity index (χ0n) is 16.0. The summed E-state index contributed by atoms with van der Waals surface area (Å²) in [7, 11) is 0. The number of benzene rings is 1. The van der Waals surface area contributed by atoms with Crippen LogP contribution in [0.2, 0.25) is 0 Å². The molecule has 3 aliphatic heterocycles. The number of pyridine rings is 1. The molecule has 2 aromatic rings. The van der Waals surface area contributed by atoms with E-state index in [0.717, 1.165) is 23.2 Å². The third kappa shape index (κ3) is 3.89. The molecule has 2 bridgehead atoms. The molecule has 1 aromatic carbocycles. The summed E-state index contributed by atoms with van der Waals surface area (Å²) < 4.78 is 0. The van der Waals surface area contributed by atoms with E-state index in [1.165, 1.54) is 25.9 Å². The van der Waals surface area contributed by atoms with Gasteiger partial charge in [0.05, 0.1) is 5.60 Å². The van der Waals surface area contributed by atoms with Crippen LogP contribution in [0.5, 0.6) is 0 Å². The average Bonchev–Trinajstić information content (AvgIpc) is 2.68. The zero-order chi connectivity index (χ0) is 19.0. The molecule has 142 valence electrons. The molecule has 3 aliphatic rings. The van der Waals surface area contributed by atoms with E-state index < -0.39 is 5.60 Å². The van der Waals surface area contributed by atoms with Gasteiger partial charge in [-0.3, -0.25) is 9.78 Å². The molecule has 0 radical (unpaired) electrons. The van der Waals surface area contributed by atoms with Crippen LogP contribution in [0, 0.1) is 5.92 Å². The first-order valence-corrected chi connectivity index (χ1v) is 9.72. The van der Waals surface area contributed by atoms with Crippen LogP contribution < -0.4 is 5.32 Å². The first-order valence-electron chi connectivity index (χ1n) is 9.72. The molecule has 0 aliphatic carbocycles. The van der Waals surface area contributed by atoms with Gasteiger partial charge in [0.25, 0.3) is 5.91 Å². The Labute approximate surface area is 160 Å². The predicted octanol–water partition coefficient (Wildman–Crippen LogP) is 2.80. The molecule has 0 spiro atoms. The molecule has 3 saturated heterocycles. The second-order valence-corrected chi connectivity index (χ2v) is 8.32. The minimum absolute atomic E-state index is 0.00340. The molecular formula is C22H27N3O2. The quantitative estimate of drug-likeness (QED) is 0.874. The van der Waals surface area contributed by atoms with Crippen molar-refractivity contribution in [3.63, 3.8) is 0 Å². The van der Waals surface area contributed by atoms with Gasteiger partial charge in [0.15, 0.2) is 0 Å². The number of amides is 1. The van der Waals surface area contributed by atoms with Crippen LogP contribution in [0.1, 0.15) is 42.6 Å². The van der Waals surface area contributed by atoms with Gasteiger partial charge in [-0.2, -0.15) is 0 Å². The number of carbonyl (C=O) groups excluding carboxylic acids is 1. The first-order chi connectivity index (χ1) is 12.9. The SMILES string of the molecule is CC(C)(O)c1cncc(-c2ccc(C(=O)N[C@@H]3CN4CCC3CC4)cc2)c1. The monoisotopic (exact) mass is 365 g/mol. The second kappa shape index (κ2) is 7.06. The highest BCUT2D eigenvalue weighted by molar-refractivity contribution is 5.95. The Bertz CT molecular complexity index is 818. The Balaban J connectivity index is 1.47. The van der Waals surface area contributed by atoms with E-state index >= 15 is 0 Å². The molecule has 0 unspecified atom stereocenters. The first kappa shape index (κ1) is 18.1. The van der Waals surface area contributed by atoms with Crippen LogP contribution in [0.25, 0.3) is 11.1 Å². The maximum absolute atomic E-state index is 12.6. The van der Waals surface area contributed by atoms with Gasteiger partial charge in [0.2, 0.25) is 0 Å². The molecule has 3 fully saturated rings. The molecule has 1 aromatic heterocycles. The van der Waals surface area contributed by atoms with Crippen molar-refractivity contribution >= 4 is 5.91 Å². The summed E-state index contributed by atoms with van der Waals surface area (Å²) in [5.41, 5.74) is 2.43. The van der Waals surface area contributed by atoms with Gasteiger partial charge in [-0.1, -0.05) is 12.1 Å². The normalized spacial score (nSPS) is 24.6. The third-order valence-corrected chi connectivity index (χ3v) is 5.90. The van der Waals surface area contributed by atoms with E-state index in [4.69, 9.17) is 0 Å². The van der Waals surface area contributed by atoms with E-state index in [2.05, 4.69) is 15.2 Å². The number of rotatable bonds is 4. The number of aromatic nitrogens is 1. The molecule has 0 saturated carbocycles. The molecule has 5 heteroatoms. The third-order valence-electron chi connectivity index (χ3n) is 5.90. The lowest BCUT2D eigenvalue weighted by atomic mass is 9.84. The Kier molecular flexibility index (Phi) is 4.74. The maximum Gasteiger partial charge on any atom is 0.251 e. The molecule has 5 rings (SSSR count). The number of hydrogen-bond acceptors (Lipinski definition) is 4. The van der Waals surface area contributed by atoms with Crippen LogP contribution in [0.4, 0.5) is 0 Å². The topological polar surface area (TPSA) is 65.5 Å². The van der Waals surface area contributed by atoms with E-state index in [-0.39, 0.29) is 11.9 Å². The molecular weight excluding hydrogens is 338 g/mol. The van der Waals surface area contributed by atoms with Gasteiger partial charge in [-0.15, -0.1) is 0 Å². The molecule has 1 amide bonds. The van der Waals surface area contributed by atoms with Crippen LogP contribution in [-0.4, -0.2) is 46.6 Å². The van der Waals surface area contributed by atoms with Gasteiger partial charge < -0.3 is 15.3 Å². The van der Waals surface area contributed by atoms with Gasteiger partial charge in [0.1, 0.15) is 0 Å². The fourth-order valence-corrected chi connectivity index (χ4v) is 4.13. The fourth-order valence-electron chi connectivity index (χ4n) is 4.13. The average molecular weight is 365 g/mol. The summed E-state index contributed by atoms with van der Waals surface area (Å²) in [6.45, 7) is 6.81. The highest BCUT2D eigenvalue weighted by Crippen LogP contribution is 2.28. The number of aliphatic hydroxyl groups is 1. The van der Waals surface area contributed by atoms with E-state index in [1.54, 1.807) is 26.2 Å². The van der Waals surface area contributed by atoms with Crippen molar-refractivity contribution in [3.05, 3.63) is 53.9 Å². The lowest BCUT2D eigenvalue weighted by Crippen LogP contribution is -2.57. The van der Waals surface area contributed by atoms with Gasteiger partial charge in [0, 0.05) is 41.7 Å². The van der Waals surface area contributed by atoms with Crippen LogP contribution in [0.15, 0.2) is 42.7 Å². The number of piperidine rings is 3. The van der Waals surface area contributed by atoms with Crippen LogP contribution in [-0.2, 0) is 5.60 Å². The Morgan fingerprint density at radius 1 is 1.15 bits per heavy atom. The van der Waals surface area contributed by atoms with Crippen molar-refractivity contribution in [3.8, 4) is 11.1 Å². The maximum atomic E-state index is 12.6. The van der Waals surface area contributed by atoms with Crippen LogP contribution in [0.3, 0.4) is 0 Å². The molecule has 2 N–H and O–H groups in total. The Morgan fingerprint density at radius 2 is 1.85 bits per heavy atom. The predicted molar refractivity (Wildman–Crippen MR) is 105 cm³/mol. The minimum Gasteiger partial charge on any atom is -0.386 e. The number of hydrogen-bond donors (Lipinski definition) is 2. The number of nitrogens with one attached hydrogen (secondary N) is 1. The largest absolute Gasteiger partial charge is 0.386 e. The highest BCUT2D eigenvalue weighted by atomic mass is 16.3. The summed E-state index contributed by atoms with van der Waals surface area (Å²) in [5.74, 6) is 0.623. The van der Waals surface area contributed by atoms with Crippen molar-refractivity contribution < 1.29 is 9.90 Å². The van der Waals surface area contributed by atoms with Crippen molar-refractivity contribution in [1.29, 1.82) is 0 Å². The van der Waals surface area contributed by atoms with Crippen LogP contribution >= 0.6 is 0 Å². The summed E-state index contributed by atoms with van der Waals surface area (Å²) >= 11 is 0. The van der Waals surface area contributed by atoms with E-state index in [9.17, 15) is 9.90 Å². The second-order valence-electron chi connectivity index (χ2n) is 8.32. The molecule has 27 heavy (non-hydrogen) atoms. The standard InChI is InChI=1S/C22H27N3O2/c1-22(2,27)19-11-18(12-23-13-19)15-3-5-17(6-4-15)21(26)24-20-14-25-9-7-16(20)8-10-25/h3-6,11-13,16,20,27H,7-10,14H2,1-2H3,(H,24,26)/t20-/m1/s1.